The molecule has 38 heavy (non-hydrogen) atoms. The second-order valence-electron chi connectivity index (χ2n) is 11.4. The molecule has 0 bridgehead atoms. The van der Waals surface area contributed by atoms with Crippen molar-refractivity contribution in [1.29, 1.82) is 0 Å². The van der Waals surface area contributed by atoms with E-state index in [-0.39, 0.29) is 19.5 Å². The number of hydrogen-bond acceptors (Lipinski definition) is 8. The van der Waals surface area contributed by atoms with Crippen molar-refractivity contribution >= 4 is 17.8 Å². The molecule has 1 aliphatic carbocycles. The second kappa shape index (κ2) is 11.6. The largest absolute Gasteiger partial charge is 0.444 e. The Bertz CT molecular complexity index is 1120. The summed E-state index contributed by atoms with van der Waals surface area (Å²) in [5.41, 5.74) is 5.45. The Hall–Kier alpha value is -3.34. The Labute approximate surface area is 223 Å². The zero-order valence-corrected chi connectivity index (χ0v) is 22.6. The summed E-state index contributed by atoms with van der Waals surface area (Å²) < 4.78 is 7.13. The van der Waals surface area contributed by atoms with Crippen LogP contribution in [0, 0.1) is 5.92 Å². The van der Waals surface area contributed by atoms with Crippen molar-refractivity contribution in [2.24, 2.45) is 11.7 Å². The lowest BCUT2D eigenvalue weighted by Crippen LogP contribution is -2.66. The van der Waals surface area contributed by atoms with E-state index in [1.807, 2.05) is 24.3 Å². The first-order valence-corrected chi connectivity index (χ1v) is 13.5. The number of rotatable bonds is 8. The minimum absolute atomic E-state index is 0.115. The van der Waals surface area contributed by atoms with Crippen LogP contribution < -0.4 is 11.1 Å². The summed E-state index contributed by atoms with van der Waals surface area (Å²) in [5, 5.41) is 14.2. The first kappa shape index (κ1) is 27.7. The Kier molecular flexibility index (Phi) is 8.44. The monoisotopic (exact) mass is 525 g/mol. The number of Topliss-reactive ketones (excluding diaryl/α,β-unsaturated/α-hetero) is 1. The number of likely N-dealkylation sites (tertiary alicyclic amines) is 1. The van der Waals surface area contributed by atoms with Gasteiger partial charge in [-0.1, -0.05) is 50.3 Å². The molecule has 2 aliphatic rings. The quantitative estimate of drug-likeness (QED) is 0.500. The number of para-hydroxylation sites is 1. The lowest BCUT2D eigenvalue weighted by atomic mass is 9.79. The summed E-state index contributed by atoms with van der Waals surface area (Å²) in [4.78, 5) is 42.6. The predicted molar refractivity (Wildman–Crippen MR) is 140 cm³/mol. The van der Waals surface area contributed by atoms with Gasteiger partial charge in [-0.2, -0.15) is 0 Å². The van der Waals surface area contributed by atoms with Crippen LogP contribution in [0.15, 0.2) is 30.6 Å². The van der Waals surface area contributed by atoms with E-state index in [0.29, 0.717) is 24.4 Å². The fraction of sp³-hybridized carbons (Fsp3) is 0.630. The van der Waals surface area contributed by atoms with Gasteiger partial charge in [0.2, 0.25) is 0 Å². The van der Waals surface area contributed by atoms with E-state index in [1.54, 1.807) is 20.8 Å². The number of hydrogen-bond donors (Lipinski definition) is 2. The number of ketones is 1. The van der Waals surface area contributed by atoms with Gasteiger partial charge in [0, 0.05) is 13.1 Å². The van der Waals surface area contributed by atoms with Gasteiger partial charge in [0.1, 0.15) is 11.9 Å². The average Bonchev–Trinajstić information content (AvgIpc) is 3.58. The molecule has 3 N–H and O–H groups in total. The Morgan fingerprint density at radius 3 is 2.58 bits per heavy atom. The SMILES string of the molecule is CC(C)(C)OC(=O)N1CCC[C@]1(C(=O)NCc1ccccc1-n1cnnn1)C(=O)[C@H](N)CC1CCCCC1. The van der Waals surface area contributed by atoms with Gasteiger partial charge in [0.15, 0.2) is 11.3 Å². The molecule has 11 heteroatoms. The summed E-state index contributed by atoms with van der Waals surface area (Å²) in [6, 6.07) is 6.53. The number of nitrogens with zero attached hydrogens (tertiary/aromatic N) is 5. The summed E-state index contributed by atoms with van der Waals surface area (Å²) in [6.07, 6.45) is 7.51. The van der Waals surface area contributed by atoms with Crippen LogP contribution in [0.25, 0.3) is 5.69 Å². The highest BCUT2D eigenvalue weighted by Crippen LogP contribution is 2.35. The molecule has 1 aromatic heterocycles. The van der Waals surface area contributed by atoms with Crippen LogP contribution in [0.5, 0.6) is 0 Å². The number of ether oxygens (including phenoxy) is 1. The maximum Gasteiger partial charge on any atom is 0.411 e. The van der Waals surface area contributed by atoms with E-state index in [2.05, 4.69) is 20.8 Å². The van der Waals surface area contributed by atoms with Crippen molar-refractivity contribution in [3.63, 3.8) is 0 Å². The summed E-state index contributed by atoms with van der Waals surface area (Å²) in [6.45, 7) is 5.63. The molecular formula is C27H39N7O4. The lowest BCUT2D eigenvalue weighted by molar-refractivity contribution is -0.144. The number of carbonyl (C=O) groups is 3. The standard InChI is InChI=1S/C27H39N7O4/c1-26(2,3)38-25(37)33-15-9-14-27(33,23(35)21(28)16-19-10-5-4-6-11-19)24(36)29-17-20-12-7-8-13-22(20)34-18-30-31-32-34/h7-8,12-13,18-19,21H,4-6,9-11,14-17,28H2,1-3H3,(H,29,36)/t21-,27-/m1/s1. The molecule has 2 fully saturated rings. The summed E-state index contributed by atoms with van der Waals surface area (Å²) >= 11 is 0. The number of tetrazole rings is 1. The van der Waals surface area contributed by atoms with E-state index >= 15 is 0 Å². The highest BCUT2D eigenvalue weighted by Gasteiger charge is 2.57. The molecule has 11 nitrogen and oxygen atoms in total. The molecular weight excluding hydrogens is 486 g/mol. The zero-order chi connectivity index (χ0) is 27.3. The minimum atomic E-state index is -1.72. The molecule has 2 amide bonds. The number of amides is 2. The van der Waals surface area contributed by atoms with Gasteiger partial charge in [-0.15, -0.1) is 5.10 Å². The van der Waals surface area contributed by atoms with Crippen LogP contribution in [0.3, 0.4) is 0 Å². The van der Waals surface area contributed by atoms with Crippen molar-refractivity contribution < 1.29 is 19.1 Å². The molecule has 2 heterocycles. The smallest absolute Gasteiger partial charge is 0.411 e. The number of aromatic nitrogens is 4. The first-order valence-electron chi connectivity index (χ1n) is 13.5. The van der Waals surface area contributed by atoms with Crippen LogP contribution in [-0.2, 0) is 20.9 Å². The zero-order valence-electron chi connectivity index (χ0n) is 22.6. The molecule has 0 spiro atoms. The number of nitrogens with two attached hydrogens (primary N) is 1. The van der Waals surface area contributed by atoms with Crippen LogP contribution in [0.4, 0.5) is 4.79 Å². The highest BCUT2D eigenvalue weighted by molar-refractivity contribution is 6.14. The van der Waals surface area contributed by atoms with Crippen molar-refractivity contribution in [3.8, 4) is 5.69 Å². The average molecular weight is 526 g/mol. The second-order valence-corrected chi connectivity index (χ2v) is 11.4. The number of benzene rings is 1. The highest BCUT2D eigenvalue weighted by atomic mass is 16.6. The molecule has 0 unspecified atom stereocenters. The molecule has 1 saturated carbocycles. The molecule has 1 aliphatic heterocycles. The van der Waals surface area contributed by atoms with E-state index in [1.165, 1.54) is 22.3 Å². The van der Waals surface area contributed by atoms with E-state index < -0.39 is 35.0 Å². The van der Waals surface area contributed by atoms with Crippen LogP contribution in [0.1, 0.15) is 77.7 Å². The van der Waals surface area contributed by atoms with Crippen molar-refractivity contribution in [3.05, 3.63) is 36.2 Å². The third-order valence-electron chi connectivity index (χ3n) is 7.45. The van der Waals surface area contributed by atoms with Gasteiger partial charge in [0.25, 0.3) is 5.91 Å². The van der Waals surface area contributed by atoms with E-state index in [0.717, 1.165) is 31.2 Å². The van der Waals surface area contributed by atoms with Gasteiger partial charge >= 0.3 is 6.09 Å². The Morgan fingerprint density at radius 2 is 1.89 bits per heavy atom. The molecule has 2 atom stereocenters. The number of nitrogens with one attached hydrogen (secondary N) is 1. The molecule has 4 rings (SSSR count). The summed E-state index contributed by atoms with van der Waals surface area (Å²) in [7, 11) is 0. The number of carbonyl (C=O) groups excluding carboxylic acids is 3. The van der Waals surface area contributed by atoms with Gasteiger partial charge in [0.05, 0.1) is 11.7 Å². The van der Waals surface area contributed by atoms with Gasteiger partial charge in [-0.05, 0) is 68.0 Å². The van der Waals surface area contributed by atoms with Crippen molar-refractivity contribution in [2.75, 3.05) is 6.54 Å². The van der Waals surface area contributed by atoms with Crippen molar-refractivity contribution in [2.45, 2.75) is 95.9 Å². The Balaban J connectivity index is 1.60. The van der Waals surface area contributed by atoms with Crippen LogP contribution >= 0.6 is 0 Å². The lowest BCUT2D eigenvalue weighted by Gasteiger charge is -2.38. The minimum Gasteiger partial charge on any atom is -0.444 e. The fourth-order valence-electron chi connectivity index (χ4n) is 5.66. The van der Waals surface area contributed by atoms with Crippen LogP contribution in [-0.4, -0.2) is 66.6 Å². The molecule has 206 valence electrons. The maximum absolute atomic E-state index is 14.1. The molecule has 2 aromatic rings. The summed E-state index contributed by atoms with van der Waals surface area (Å²) in [5.74, 6) is -0.614. The van der Waals surface area contributed by atoms with E-state index in [4.69, 9.17) is 10.5 Å². The molecule has 1 aromatic carbocycles. The Morgan fingerprint density at radius 1 is 1.16 bits per heavy atom. The topological polar surface area (TPSA) is 145 Å². The third kappa shape index (κ3) is 6.03. The molecule has 0 radical (unpaired) electrons. The van der Waals surface area contributed by atoms with Gasteiger partial charge in [-0.3, -0.25) is 14.5 Å². The maximum atomic E-state index is 14.1. The van der Waals surface area contributed by atoms with Crippen molar-refractivity contribution in [1.82, 2.24) is 30.4 Å². The van der Waals surface area contributed by atoms with Crippen LogP contribution in [0.2, 0.25) is 0 Å². The third-order valence-corrected chi connectivity index (χ3v) is 7.45. The first-order chi connectivity index (χ1) is 18.1. The molecule has 1 saturated heterocycles. The van der Waals surface area contributed by atoms with Gasteiger partial charge < -0.3 is 15.8 Å². The predicted octanol–water partition coefficient (Wildman–Crippen LogP) is 2.92. The van der Waals surface area contributed by atoms with E-state index in [9.17, 15) is 14.4 Å². The normalized spacial score (nSPS) is 21.2. The fourth-order valence-corrected chi connectivity index (χ4v) is 5.66. The van der Waals surface area contributed by atoms with Gasteiger partial charge in [-0.25, -0.2) is 9.48 Å².